The molecule has 0 spiro atoms. The third kappa shape index (κ3) is 4.04. The Balaban J connectivity index is 1.99. The van der Waals surface area contributed by atoms with Crippen molar-refractivity contribution in [3.05, 3.63) is 41.5 Å². The van der Waals surface area contributed by atoms with Gasteiger partial charge in [-0.25, -0.2) is 0 Å². The topological polar surface area (TPSA) is 74.2 Å². The quantitative estimate of drug-likeness (QED) is 0.936. The smallest absolute Gasteiger partial charge is 0.264 e. The highest BCUT2D eigenvalue weighted by atomic mass is 16.5. The Labute approximate surface area is 125 Å². The van der Waals surface area contributed by atoms with Crippen LogP contribution in [0.2, 0.25) is 0 Å². The minimum Gasteiger partial charge on any atom is -0.484 e. The van der Waals surface area contributed by atoms with Gasteiger partial charge in [-0.1, -0.05) is 38.1 Å². The van der Waals surface area contributed by atoms with Crippen LogP contribution in [0, 0.1) is 0 Å². The molecule has 0 saturated carbocycles. The number of hydrogen-bond donors (Lipinski definition) is 1. The standard InChI is InChI=1S/C16H23N3O2/c1-15(2,3)11-6-8-12(9-7-11)20-10-13-18-14(19-21-13)16(4,5)17/h6-9H,10,17H2,1-5H3. The molecule has 5 nitrogen and oxygen atoms in total. The Morgan fingerprint density at radius 2 is 1.71 bits per heavy atom. The second kappa shape index (κ2) is 5.48. The lowest BCUT2D eigenvalue weighted by Crippen LogP contribution is -2.30. The number of rotatable bonds is 4. The van der Waals surface area contributed by atoms with Crippen LogP contribution in [0.15, 0.2) is 28.8 Å². The molecule has 5 heteroatoms. The second-order valence-electron chi connectivity index (χ2n) is 6.80. The Bertz CT molecular complexity index is 589. The molecular weight excluding hydrogens is 266 g/mol. The predicted molar refractivity (Wildman–Crippen MR) is 81.0 cm³/mol. The van der Waals surface area contributed by atoms with E-state index in [4.69, 9.17) is 15.0 Å². The third-order valence-corrected chi connectivity index (χ3v) is 3.13. The number of aromatic nitrogens is 2. The SMILES string of the molecule is CC(C)(C)c1ccc(OCc2nc(C(C)(C)N)no2)cc1. The van der Waals surface area contributed by atoms with Crippen molar-refractivity contribution in [2.45, 2.75) is 52.2 Å². The summed E-state index contributed by atoms with van der Waals surface area (Å²) in [6, 6.07) is 8.03. The Hall–Kier alpha value is -1.88. The van der Waals surface area contributed by atoms with Crippen LogP contribution in [-0.2, 0) is 17.6 Å². The molecule has 0 saturated heterocycles. The average molecular weight is 289 g/mol. The fourth-order valence-corrected chi connectivity index (χ4v) is 1.77. The van der Waals surface area contributed by atoms with Crippen molar-refractivity contribution in [1.29, 1.82) is 0 Å². The van der Waals surface area contributed by atoms with E-state index in [9.17, 15) is 0 Å². The number of benzene rings is 1. The highest BCUT2D eigenvalue weighted by molar-refractivity contribution is 5.31. The van der Waals surface area contributed by atoms with Gasteiger partial charge in [0.1, 0.15) is 5.75 Å². The van der Waals surface area contributed by atoms with Crippen LogP contribution < -0.4 is 10.5 Å². The van der Waals surface area contributed by atoms with E-state index in [1.54, 1.807) is 0 Å². The summed E-state index contributed by atoms with van der Waals surface area (Å²) in [7, 11) is 0. The van der Waals surface area contributed by atoms with Crippen molar-refractivity contribution < 1.29 is 9.26 Å². The number of hydrogen-bond acceptors (Lipinski definition) is 5. The summed E-state index contributed by atoms with van der Waals surface area (Å²) in [4.78, 5) is 4.23. The minimum atomic E-state index is -0.615. The van der Waals surface area contributed by atoms with E-state index in [-0.39, 0.29) is 12.0 Å². The number of nitrogens with zero attached hydrogens (tertiary/aromatic N) is 2. The van der Waals surface area contributed by atoms with Crippen LogP contribution in [0.5, 0.6) is 5.75 Å². The van der Waals surface area contributed by atoms with Crippen LogP contribution >= 0.6 is 0 Å². The average Bonchev–Trinajstić information content (AvgIpc) is 2.84. The van der Waals surface area contributed by atoms with E-state index < -0.39 is 5.54 Å². The monoisotopic (exact) mass is 289 g/mol. The summed E-state index contributed by atoms with van der Waals surface area (Å²) in [5, 5.41) is 3.86. The molecule has 0 radical (unpaired) electrons. The van der Waals surface area contributed by atoms with Crippen molar-refractivity contribution in [1.82, 2.24) is 10.1 Å². The van der Waals surface area contributed by atoms with Crippen LogP contribution in [0.4, 0.5) is 0 Å². The first-order valence-corrected chi connectivity index (χ1v) is 7.01. The van der Waals surface area contributed by atoms with Gasteiger partial charge < -0.3 is 15.0 Å². The summed E-state index contributed by atoms with van der Waals surface area (Å²) in [6.07, 6.45) is 0. The van der Waals surface area contributed by atoms with Gasteiger partial charge >= 0.3 is 0 Å². The maximum Gasteiger partial charge on any atom is 0.264 e. The van der Waals surface area contributed by atoms with Crippen LogP contribution in [-0.4, -0.2) is 10.1 Å². The van der Waals surface area contributed by atoms with E-state index >= 15 is 0 Å². The van der Waals surface area contributed by atoms with Crippen LogP contribution in [0.25, 0.3) is 0 Å². The maximum atomic E-state index is 5.91. The summed E-state index contributed by atoms with van der Waals surface area (Å²) in [5.74, 6) is 1.67. The molecule has 1 aromatic carbocycles. The molecule has 114 valence electrons. The van der Waals surface area contributed by atoms with Gasteiger partial charge in [-0.3, -0.25) is 0 Å². The lowest BCUT2D eigenvalue weighted by molar-refractivity contribution is 0.241. The summed E-state index contributed by atoms with van der Waals surface area (Å²) >= 11 is 0. The van der Waals surface area contributed by atoms with Gasteiger partial charge in [0.05, 0.1) is 5.54 Å². The lowest BCUT2D eigenvalue weighted by Gasteiger charge is -2.19. The molecule has 0 atom stereocenters. The van der Waals surface area contributed by atoms with Crippen LogP contribution in [0.1, 0.15) is 51.9 Å². The van der Waals surface area contributed by atoms with Gasteiger partial charge in [-0.15, -0.1) is 0 Å². The number of nitrogens with two attached hydrogens (primary N) is 1. The highest BCUT2D eigenvalue weighted by Crippen LogP contribution is 2.24. The van der Waals surface area contributed by atoms with Crippen molar-refractivity contribution >= 4 is 0 Å². The van der Waals surface area contributed by atoms with Gasteiger partial charge in [-0.05, 0) is 37.0 Å². The Kier molecular flexibility index (Phi) is 4.05. The largest absolute Gasteiger partial charge is 0.484 e. The Morgan fingerprint density at radius 3 is 2.19 bits per heavy atom. The zero-order valence-corrected chi connectivity index (χ0v) is 13.3. The summed E-state index contributed by atoms with van der Waals surface area (Å²) < 4.78 is 10.8. The van der Waals surface area contributed by atoms with Gasteiger partial charge in [0.15, 0.2) is 12.4 Å². The summed E-state index contributed by atoms with van der Waals surface area (Å²) in [5.41, 5.74) is 6.69. The molecule has 2 aromatic rings. The van der Waals surface area contributed by atoms with E-state index in [0.717, 1.165) is 5.75 Å². The molecule has 0 aliphatic rings. The van der Waals surface area contributed by atoms with E-state index in [1.165, 1.54) is 5.56 Å². The fraction of sp³-hybridized carbons (Fsp3) is 0.500. The molecule has 0 bridgehead atoms. The molecule has 0 fully saturated rings. The molecule has 0 aliphatic carbocycles. The van der Waals surface area contributed by atoms with Crippen molar-refractivity contribution in [2.24, 2.45) is 5.73 Å². The second-order valence-corrected chi connectivity index (χ2v) is 6.80. The van der Waals surface area contributed by atoms with E-state index in [0.29, 0.717) is 11.7 Å². The Morgan fingerprint density at radius 1 is 1.10 bits per heavy atom. The zero-order valence-electron chi connectivity index (χ0n) is 13.3. The zero-order chi connectivity index (χ0) is 15.7. The van der Waals surface area contributed by atoms with Crippen LogP contribution in [0.3, 0.4) is 0 Å². The molecular formula is C16H23N3O2. The first-order valence-electron chi connectivity index (χ1n) is 7.01. The number of ether oxygens (including phenoxy) is 1. The normalized spacial score (nSPS) is 12.5. The van der Waals surface area contributed by atoms with Gasteiger partial charge in [0.2, 0.25) is 0 Å². The molecule has 1 heterocycles. The summed E-state index contributed by atoms with van der Waals surface area (Å²) in [6.45, 7) is 10.4. The predicted octanol–water partition coefficient (Wildman–Crippen LogP) is 3.14. The highest BCUT2D eigenvalue weighted by Gasteiger charge is 2.21. The van der Waals surface area contributed by atoms with Gasteiger partial charge in [0.25, 0.3) is 5.89 Å². The van der Waals surface area contributed by atoms with Crippen molar-refractivity contribution in [2.75, 3.05) is 0 Å². The maximum absolute atomic E-state index is 5.91. The first-order chi connectivity index (χ1) is 9.66. The van der Waals surface area contributed by atoms with E-state index in [1.807, 2.05) is 26.0 Å². The molecule has 0 aliphatic heterocycles. The molecule has 2 N–H and O–H groups in total. The van der Waals surface area contributed by atoms with Crippen molar-refractivity contribution in [3.63, 3.8) is 0 Å². The molecule has 2 rings (SSSR count). The molecule has 0 amide bonds. The minimum absolute atomic E-state index is 0.132. The van der Waals surface area contributed by atoms with Gasteiger partial charge in [-0.2, -0.15) is 4.98 Å². The molecule has 21 heavy (non-hydrogen) atoms. The van der Waals surface area contributed by atoms with Crippen molar-refractivity contribution in [3.8, 4) is 5.75 Å². The molecule has 0 unspecified atom stereocenters. The lowest BCUT2D eigenvalue weighted by atomic mass is 9.87. The first kappa shape index (κ1) is 15.5. The van der Waals surface area contributed by atoms with E-state index in [2.05, 4.69) is 43.0 Å². The molecule has 1 aromatic heterocycles. The fourth-order valence-electron chi connectivity index (χ4n) is 1.77. The van der Waals surface area contributed by atoms with Gasteiger partial charge in [0, 0.05) is 0 Å². The third-order valence-electron chi connectivity index (χ3n) is 3.13.